The van der Waals surface area contributed by atoms with Gasteiger partial charge in [0.05, 0.1) is 17.1 Å². The van der Waals surface area contributed by atoms with Crippen molar-refractivity contribution < 1.29 is 0 Å². The first-order chi connectivity index (χ1) is 11.1. The summed E-state index contributed by atoms with van der Waals surface area (Å²) < 4.78 is 1.82. The third-order valence-electron chi connectivity index (χ3n) is 3.83. The summed E-state index contributed by atoms with van der Waals surface area (Å²) in [6.07, 6.45) is 1.78. The zero-order chi connectivity index (χ0) is 16.1. The van der Waals surface area contributed by atoms with Gasteiger partial charge in [-0.3, -0.25) is 5.10 Å². The number of nitrogen functional groups attached to an aromatic ring is 2. The van der Waals surface area contributed by atoms with Gasteiger partial charge in [0.25, 0.3) is 0 Å². The van der Waals surface area contributed by atoms with Gasteiger partial charge in [0, 0.05) is 17.0 Å². The van der Waals surface area contributed by atoms with Crippen molar-refractivity contribution in [2.75, 3.05) is 11.5 Å². The lowest BCUT2D eigenvalue weighted by Gasteiger charge is -2.06. The van der Waals surface area contributed by atoms with E-state index in [9.17, 15) is 0 Å². The van der Waals surface area contributed by atoms with Crippen LogP contribution in [0.2, 0.25) is 0 Å². The Balaban J connectivity index is 2.14. The third kappa shape index (κ3) is 1.91. The molecule has 0 amide bonds. The molecule has 8 nitrogen and oxygen atoms in total. The summed E-state index contributed by atoms with van der Waals surface area (Å²) in [4.78, 5) is 8.43. The van der Waals surface area contributed by atoms with Crippen molar-refractivity contribution in [1.29, 1.82) is 0 Å². The molecule has 0 aliphatic rings. The number of fused-ring (bicyclic) bond motifs is 2. The molecule has 1 aromatic carbocycles. The molecule has 3 heterocycles. The van der Waals surface area contributed by atoms with Gasteiger partial charge in [0.1, 0.15) is 11.5 Å². The summed E-state index contributed by atoms with van der Waals surface area (Å²) in [5.74, 6) is 0.472. The maximum Gasteiger partial charge on any atom is 0.224 e. The van der Waals surface area contributed by atoms with Crippen molar-refractivity contribution in [1.82, 2.24) is 29.9 Å². The molecule has 0 aliphatic heterocycles. The second kappa shape index (κ2) is 4.67. The van der Waals surface area contributed by atoms with E-state index in [1.165, 1.54) is 0 Å². The van der Waals surface area contributed by atoms with Gasteiger partial charge in [0.2, 0.25) is 5.95 Å². The van der Waals surface area contributed by atoms with E-state index < -0.39 is 0 Å². The number of anilines is 2. The average molecular weight is 308 g/mol. The summed E-state index contributed by atoms with van der Waals surface area (Å²) >= 11 is 0. The van der Waals surface area contributed by atoms with Crippen LogP contribution in [-0.2, 0) is 0 Å². The first kappa shape index (κ1) is 13.5. The predicted molar refractivity (Wildman–Crippen MR) is 89.6 cm³/mol. The predicted octanol–water partition coefficient (Wildman–Crippen LogP) is 2.11. The molecule has 116 valence electrons. The summed E-state index contributed by atoms with van der Waals surface area (Å²) in [7, 11) is 0. The van der Waals surface area contributed by atoms with Crippen LogP contribution in [0.1, 0.15) is 19.9 Å². The highest BCUT2D eigenvalue weighted by Gasteiger charge is 2.21. The zero-order valence-electron chi connectivity index (χ0n) is 12.8. The van der Waals surface area contributed by atoms with Gasteiger partial charge in [-0.05, 0) is 19.9 Å². The Morgan fingerprint density at radius 3 is 2.78 bits per heavy atom. The van der Waals surface area contributed by atoms with Gasteiger partial charge in [-0.25, -0.2) is 4.68 Å². The van der Waals surface area contributed by atoms with E-state index in [1.807, 2.05) is 36.7 Å². The molecule has 23 heavy (non-hydrogen) atoms. The molecular formula is C15H16N8. The van der Waals surface area contributed by atoms with Crippen LogP contribution in [0.15, 0.2) is 24.4 Å². The summed E-state index contributed by atoms with van der Waals surface area (Å²) in [5, 5.41) is 13.5. The minimum Gasteiger partial charge on any atom is -0.383 e. The lowest BCUT2D eigenvalue weighted by atomic mass is 10.1. The second-order valence-corrected chi connectivity index (χ2v) is 5.69. The molecule has 0 spiro atoms. The van der Waals surface area contributed by atoms with E-state index in [0.717, 1.165) is 22.2 Å². The van der Waals surface area contributed by atoms with E-state index in [4.69, 9.17) is 16.6 Å². The lowest BCUT2D eigenvalue weighted by molar-refractivity contribution is 0.548. The quantitative estimate of drug-likeness (QED) is 0.521. The van der Waals surface area contributed by atoms with Crippen LogP contribution in [0.3, 0.4) is 0 Å². The number of H-pyrrole nitrogens is 1. The first-order valence-electron chi connectivity index (χ1n) is 7.30. The summed E-state index contributed by atoms with van der Waals surface area (Å²) in [6, 6.07) is 6.01. The Labute approximate surface area is 131 Å². The van der Waals surface area contributed by atoms with Gasteiger partial charge >= 0.3 is 0 Å². The fourth-order valence-electron chi connectivity index (χ4n) is 2.80. The fourth-order valence-corrected chi connectivity index (χ4v) is 2.80. The zero-order valence-corrected chi connectivity index (χ0v) is 12.8. The van der Waals surface area contributed by atoms with Crippen LogP contribution in [0.4, 0.5) is 11.8 Å². The third-order valence-corrected chi connectivity index (χ3v) is 3.83. The van der Waals surface area contributed by atoms with E-state index >= 15 is 0 Å². The minimum absolute atomic E-state index is 0.114. The molecule has 0 saturated heterocycles. The molecule has 0 unspecified atom stereocenters. The number of rotatable bonds is 2. The first-order valence-corrected chi connectivity index (χ1v) is 7.30. The number of hydrogen-bond acceptors (Lipinski definition) is 6. The molecule has 0 aliphatic carbocycles. The van der Waals surface area contributed by atoms with Crippen LogP contribution in [-0.4, -0.2) is 29.9 Å². The molecule has 0 saturated carbocycles. The van der Waals surface area contributed by atoms with Crippen molar-refractivity contribution in [3.8, 4) is 11.3 Å². The van der Waals surface area contributed by atoms with Crippen molar-refractivity contribution in [3.05, 3.63) is 24.4 Å². The monoisotopic (exact) mass is 308 g/mol. The number of nitrogens with zero attached hydrogens (tertiary/aromatic N) is 5. The number of nitrogens with two attached hydrogens (primary N) is 2. The van der Waals surface area contributed by atoms with Gasteiger partial charge in [-0.1, -0.05) is 12.1 Å². The smallest absolute Gasteiger partial charge is 0.224 e. The van der Waals surface area contributed by atoms with Gasteiger partial charge in [0.15, 0.2) is 5.65 Å². The molecule has 3 aromatic heterocycles. The largest absolute Gasteiger partial charge is 0.383 e. The fraction of sp³-hybridized carbons (Fsp3) is 0.200. The molecule has 0 fully saturated rings. The number of aromatic nitrogens is 6. The molecule has 0 atom stereocenters. The van der Waals surface area contributed by atoms with Crippen LogP contribution < -0.4 is 11.5 Å². The minimum atomic E-state index is 0.114. The topological polar surface area (TPSA) is 124 Å². The Bertz CT molecular complexity index is 1030. The number of aromatic amines is 1. The van der Waals surface area contributed by atoms with Crippen molar-refractivity contribution in [2.24, 2.45) is 0 Å². The van der Waals surface area contributed by atoms with Crippen molar-refractivity contribution in [3.63, 3.8) is 0 Å². The maximum absolute atomic E-state index is 6.12. The van der Waals surface area contributed by atoms with Crippen LogP contribution in [0.5, 0.6) is 0 Å². The summed E-state index contributed by atoms with van der Waals surface area (Å²) in [6.45, 7) is 4.06. The second-order valence-electron chi connectivity index (χ2n) is 5.69. The molecule has 5 N–H and O–H groups in total. The van der Waals surface area contributed by atoms with Gasteiger partial charge in [-0.2, -0.15) is 20.2 Å². The highest BCUT2D eigenvalue weighted by molar-refractivity contribution is 6.05. The van der Waals surface area contributed by atoms with Crippen LogP contribution >= 0.6 is 0 Å². The van der Waals surface area contributed by atoms with E-state index in [2.05, 4.69) is 20.2 Å². The van der Waals surface area contributed by atoms with Crippen LogP contribution in [0.25, 0.3) is 33.2 Å². The van der Waals surface area contributed by atoms with Crippen molar-refractivity contribution >= 4 is 33.7 Å². The van der Waals surface area contributed by atoms with E-state index in [0.29, 0.717) is 16.9 Å². The van der Waals surface area contributed by atoms with Gasteiger partial charge < -0.3 is 11.5 Å². The average Bonchev–Trinajstić information content (AvgIpc) is 3.10. The summed E-state index contributed by atoms with van der Waals surface area (Å²) in [5.41, 5.74) is 15.1. The lowest BCUT2D eigenvalue weighted by Crippen LogP contribution is -2.06. The highest BCUT2D eigenvalue weighted by atomic mass is 15.3. The van der Waals surface area contributed by atoms with Crippen LogP contribution in [0, 0.1) is 0 Å². The number of nitrogens with one attached hydrogen (secondary N) is 1. The maximum atomic E-state index is 6.12. The molecule has 0 bridgehead atoms. The van der Waals surface area contributed by atoms with E-state index in [-0.39, 0.29) is 12.0 Å². The Kier molecular flexibility index (Phi) is 2.74. The molecule has 0 radical (unpaired) electrons. The van der Waals surface area contributed by atoms with Gasteiger partial charge in [-0.15, -0.1) is 0 Å². The molecule has 8 heteroatoms. The molecule has 4 aromatic rings. The van der Waals surface area contributed by atoms with E-state index in [1.54, 1.807) is 6.20 Å². The Morgan fingerprint density at radius 2 is 2.00 bits per heavy atom. The Morgan fingerprint density at radius 1 is 1.17 bits per heavy atom. The standard InChI is InChI=1S/C15H16N8/c1-7(2)23-14-11(13(16)19-15(17)20-14)12(22-23)8-4-3-5-10-9(8)6-18-21-10/h3-7H,1-2H3,(H,18,21)(H4,16,17,19,20). The molecule has 4 rings (SSSR count). The highest BCUT2D eigenvalue weighted by Crippen LogP contribution is 2.35. The van der Waals surface area contributed by atoms with Crippen molar-refractivity contribution in [2.45, 2.75) is 19.9 Å². The molecular weight excluding hydrogens is 292 g/mol. The normalized spacial score (nSPS) is 11.8. The number of benzene rings is 1. The SMILES string of the molecule is CC(C)n1nc(-c2cccc3[nH]ncc23)c2c(N)nc(N)nc21. The number of hydrogen-bond donors (Lipinski definition) is 3. The Hall–Kier alpha value is -3.16.